The standard InChI is InChI=1S/C8H6O4.K.H3N/c9-7(10)5-3-1-2-4-6(5)8(11)12;;/h1-4H,(H,9,10)(H,11,12);;1H3/q;+1;/p-1. The second-order valence-electron chi connectivity index (χ2n) is 2.14. The first kappa shape index (κ1) is 16.2. The van der Waals surface area contributed by atoms with Crippen molar-refractivity contribution in [2.45, 2.75) is 0 Å². The van der Waals surface area contributed by atoms with Crippen LogP contribution in [-0.4, -0.2) is 17.0 Å². The van der Waals surface area contributed by atoms with Crippen LogP contribution in [0.4, 0.5) is 0 Å². The largest absolute Gasteiger partial charge is 1.00 e. The summed E-state index contributed by atoms with van der Waals surface area (Å²) >= 11 is 0. The summed E-state index contributed by atoms with van der Waals surface area (Å²) in [6.45, 7) is 0. The molecular formula is C8H8KNO4. The van der Waals surface area contributed by atoms with Gasteiger partial charge in [0.25, 0.3) is 0 Å². The molecule has 5 nitrogen and oxygen atoms in total. The van der Waals surface area contributed by atoms with Gasteiger partial charge in [-0.3, -0.25) is 0 Å². The Morgan fingerprint density at radius 2 is 1.57 bits per heavy atom. The van der Waals surface area contributed by atoms with E-state index in [1.54, 1.807) is 0 Å². The molecule has 0 radical (unpaired) electrons. The van der Waals surface area contributed by atoms with E-state index in [-0.39, 0.29) is 68.7 Å². The Balaban J connectivity index is 0. The fraction of sp³-hybridized carbons (Fsp3) is 0. The van der Waals surface area contributed by atoms with Crippen LogP contribution in [0.5, 0.6) is 0 Å². The first-order valence-corrected chi connectivity index (χ1v) is 3.16. The van der Waals surface area contributed by atoms with E-state index in [9.17, 15) is 14.7 Å². The summed E-state index contributed by atoms with van der Waals surface area (Å²) in [5.41, 5.74) is -0.553. The average molecular weight is 221 g/mol. The van der Waals surface area contributed by atoms with Gasteiger partial charge in [-0.25, -0.2) is 4.79 Å². The molecular weight excluding hydrogens is 213 g/mol. The van der Waals surface area contributed by atoms with Gasteiger partial charge in [0.2, 0.25) is 0 Å². The number of carboxylic acids is 2. The third kappa shape index (κ3) is 3.87. The number of carbonyl (C=O) groups excluding carboxylic acids is 1. The molecule has 0 bridgehead atoms. The predicted molar refractivity (Wildman–Crippen MR) is 42.8 cm³/mol. The molecule has 0 saturated heterocycles. The van der Waals surface area contributed by atoms with Crippen molar-refractivity contribution in [3.63, 3.8) is 0 Å². The van der Waals surface area contributed by atoms with E-state index in [0.717, 1.165) is 0 Å². The zero-order chi connectivity index (χ0) is 9.14. The van der Waals surface area contributed by atoms with Crippen LogP contribution in [0.1, 0.15) is 20.7 Å². The van der Waals surface area contributed by atoms with E-state index in [1.807, 2.05) is 0 Å². The molecule has 0 heterocycles. The van der Waals surface area contributed by atoms with Gasteiger partial charge >= 0.3 is 57.4 Å². The van der Waals surface area contributed by atoms with Gasteiger partial charge in [0.1, 0.15) is 0 Å². The van der Waals surface area contributed by atoms with E-state index in [2.05, 4.69) is 0 Å². The third-order valence-corrected chi connectivity index (χ3v) is 1.38. The van der Waals surface area contributed by atoms with Crippen molar-refractivity contribution < 1.29 is 71.2 Å². The molecule has 14 heavy (non-hydrogen) atoms. The van der Waals surface area contributed by atoms with Crippen LogP contribution in [0.3, 0.4) is 0 Å². The summed E-state index contributed by atoms with van der Waals surface area (Å²) in [4.78, 5) is 20.8. The molecule has 0 fully saturated rings. The number of hydrogen-bond donors (Lipinski definition) is 2. The predicted octanol–water partition coefficient (Wildman–Crippen LogP) is -3.09. The molecule has 0 aliphatic heterocycles. The Hall–Kier alpha value is -0.244. The normalized spacial score (nSPS) is 8.00. The Labute approximate surface area is 123 Å². The Morgan fingerprint density at radius 3 is 1.86 bits per heavy atom. The molecule has 0 spiro atoms. The van der Waals surface area contributed by atoms with Crippen LogP contribution in [0.15, 0.2) is 24.3 Å². The number of carboxylic acid groups (broad SMARTS) is 2. The van der Waals surface area contributed by atoms with Gasteiger partial charge in [0, 0.05) is 5.56 Å². The topological polar surface area (TPSA) is 112 Å². The van der Waals surface area contributed by atoms with Crippen molar-refractivity contribution in [3.8, 4) is 0 Å². The maximum atomic E-state index is 10.4. The van der Waals surface area contributed by atoms with E-state index < -0.39 is 11.9 Å². The summed E-state index contributed by atoms with van der Waals surface area (Å²) < 4.78 is 0. The van der Waals surface area contributed by atoms with Gasteiger partial charge in [0.15, 0.2) is 0 Å². The van der Waals surface area contributed by atoms with Crippen LogP contribution < -0.4 is 62.6 Å². The second-order valence-corrected chi connectivity index (χ2v) is 2.14. The van der Waals surface area contributed by atoms with Gasteiger partial charge in [-0.2, -0.15) is 0 Å². The van der Waals surface area contributed by atoms with Crippen molar-refractivity contribution in [2.75, 3.05) is 0 Å². The number of benzene rings is 1. The average Bonchev–Trinajstić information content (AvgIpc) is 2.04. The molecule has 0 amide bonds. The van der Waals surface area contributed by atoms with Crippen molar-refractivity contribution in [2.24, 2.45) is 0 Å². The minimum absolute atomic E-state index is 0. The molecule has 0 aliphatic rings. The summed E-state index contributed by atoms with van der Waals surface area (Å²) in [6, 6.07) is 5.31. The Bertz CT molecular complexity index is 307. The van der Waals surface area contributed by atoms with Gasteiger partial charge in [0.05, 0.1) is 11.5 Å². The summed E-state index contributed by atoms with van der Waals surface area (Å²) in [7, 11) is 0. The van der Waals surface area contributed by atoms with Crippen LogP contribution in [0.2, 0.25) is 0 Å². The van der Waals surface area contributed by atoms with E-state index >= 15 is 0 Å². The fourth-order valence-corrected chi connectivity index (χ4v) is 0.848. The molecule has 6 heteroatoms. The molecule has 0 aromatic heterocycles. The first-order chi connectivity index (χ1) is 5.63. The molecule has 0 aliphatic carbocycles. The monoisotopic (exact) mass is 221 g/mol. The Morgan fingerprint density at radius 1 is 1.14 bits per heavy atom. The SMILES string of the molecule is N.O=C([O-])c1ccccc1C(=O)O.[K+]. The van der Waals surface area contributed by atoms with Crippen molar-refractivity contribution in [1.82, 2.24) is 6.15 Å². The molecule has 4 N–H and O–H groups in total. The molecule has 70 valence electrons. The zero-order valence-corrected chi connectivity index (χ0v) is 10.8. The third-order valence-electron chi connectivity index (χ3n) is 1.38. The summed E-state index contributed by atoms with van der Waals surface area (Å²) in [5.74, 6) is -2.75. The molecule has 0 atom stereocenters. The van der Waals surface area contributed by atoms with Crippen molar-refractivity contribution in [3.05, 3.63) is 35.4 Å². The van der Waals surface area contributed by atoms with Crippen LogP contribution >= 0.6 is 0 Å². The van der Waals surface area contributed by atoms with E-state index in [4.69, 9.17) is 5.11 Å². The van der Waals surface area contributed by atoms with E-state index in [1.165, 1.54) is 24.3 Å². The number of rotatable bonds is 2. The number of aromatic carboxylic acids is 2. The summed E-state index contributed by atoms with van der Waals surface area (Å²) in [6.07, 6.45) is 0. The van der Waals surface area contributed by atoms with Gasteiger partial charge in [-0.15, -0.1) is 0 Å². The number of hydrogen-bond acceptors (Lipinski definition) is 4. The van der Waals surface area contributed by atoms with Crippen molar-refractivity contribution >= 4 is 11.9 Å². The van der Waals surface area contributed by atoms with Gasteiger partial charge in [-0.1, -0.05) is 18.2 Å². The van der Waals surface area contributed by atoms with E-state index in [0.29, 0.717) is 0 Å². The minimum atomic E-state index is -1.48. The number of carbonyl (C=O) groups is 2. The van der Waals surface area contributed by atoms with Crippen LogP contribution in [0.25, 0.3) is 0 Å². The molecule has 0 saturated carbocycles. The minimum Gasteiger partial charge on any atom is -0.545 e. The Kier molecular flexibility index (Phi) is 8.22. The van der Waals surface area contributed by atoms with Crippen LogP contribution in [-0.2, 0) is 0 Å². The molecule has 0 unspecified atom stereocenters. The van der Waals surface area contributed by atoms with Gasteiger partial charge in [-0.05, 0) is 6.07 Å². The van der Waals surface area contributed by atoms with Crippen LogP contribution in [0, 0.1) is 0 Å². The summed E-state index contributed by atoms with van der Waals surface area (Å²) in [5, 5.41) is 18.9. The quantitative estimate of drug-likeness (QED) is 0.514. The maximum Gasteiger partial charge on any atom is 1.00 e. The molecule has 1 aromatic carbocycles. The smallest absolute Gasteiger partial charge is 0.545 e. The first-order valence-electron chi connectivity index (χ1n) is 3.16. The molecule has 1 aromatic rings. The van der Waals surface area contributed by atoms with Gasteiger partial charge < -0.3 is 21.2 Å². The zero-order valence-electron chi connectivity index (χ0n) is 7.69. The maximum absolute atomic E-state index is 10.4. The van der Waals surface area contributed by atoms with Crippen molar-refractivity contribution in [1.29, 1.82) is 0 Å². The second kappa shape index (κ2) is 7.10. The molecule has 1 rings (SSSR count). The fourth-order valence-electron chi connectivity index (χ4n) is 0.848.